The van der Waals surface area contributed by atoms with Crippen molar-refractivity contribution in [2.24, 2.45) is 0 Å². The van der Waals surface area contributed by atoms with E-state index in [0.29, 0.717) is 5.56 Å². The van der Waals surface area contributed by atoms with Crippen molar-refractivity contribution in [1.82, 2.24) is 4.90 Å². The molecule has 2 aromatic rings. The van der Waals surface area contributed by atoms with Gasteiger partial charge in [-0.2, -0.15) is 13.2 Å². The summed E-state index contributed by atoms with van der Waals surface area (Å²) in [6, 6.07) is 10.8. The molecule has 0 fully saturated rings. The van der Waals surface area contributed by atoms with Gasteiger partial charge in [0.1, 0.15) is 23.8 Å². The number of amidine groups is 1. The van der Waals surface area contributed by atoms with E-state index in [2.05, 4.69) is 0 Å². The minimum absolute atomic E-state index is 0.00317. The van der Waals surface area contributed by atoms with Crippen LogP contribution in [0.3, 0.4) is 0 Å². The quantitative estimate of drug-likeness (QED) is 0.263. The lowest BCUT2D eigenvalue weighted by atomic mass is 10.1. The number of nitrogens with zero attached hydrogens (tertiary/aromatic N) is 1. The van der Waals surface area contributed by atoms with Crippen LogP contribution >= 0.6 is 0 Å². The highest BCUT2D eigenvalue weighted by atomic mass is 19.4. The number of halogens is 3. The van der Waals surface area contributed by atoms with Crippen molar-refractivity contribution in [3.05, 3.63) is 101 Å². The van der Waals surface area contributed by atoms with Crippen molar-refractivity contribution >= 4 is 11.8 Å². The van der Waals surface area contributed by atoms with Gasteiger partial charge in [0, 0.05) is 12.7 Å². The van der Waals surface area contributed by atoms with Crippen LogP contribution in [-0.4, -0.2) is 28.4 Å². The van der Waals surface area contributed by atoms with Crippen molar-refractivity contribution < 1.29 is 27.8 Å². The summed E-state index contributed by atoms with van der Waals surface area (Å²) in [4.78, 5) is 12.9. The molecule has 2 rings (SSSR count). The molecule has 0 radical (unpaired) electrons. The molecule has 0 aliphatic rings. The monoisotopic (exact) mass is 458 g/mol. The van der Waals surface area contributed by atoms with E-state index in [0.717, 1.165) is 17.7 Å². The Labute approximate surface area is 190 Å². The first kappa shape index (κ1) is 25.5. The smallest absolute Gasteiger partial charge is 0.416 e. The number of carbonyl (C=O) groups is 1. The fourth-order valence-electron chi connectivity index (χ4n) is 2.85. The molecule has 0 saturated heterocycles. The first-order chi connectivity index (χ1) is 15.6. The standard InChI is InChI=1S/C25H25F3N2O3/c1-3-7-18(2)8-6-15-30(16-19-11-13-20(14-12-19)25(26,27)28)23(29)17-33-22-10-5-4-9-21(22)24(31)32/h3-15,29H,16-17H2,1-2H3,(H,31,32)/b7-3-,15-6+,18-8-,29-23?. The van der Waals surface area contributed by atoms with E-state index in [4.69, 9.17) is 10.1 Å². The summed E-state index contributed by atoms with van der Waals surface area (Å²) in [5.41, 5.74) is 0.765. The molecule has 174 valence electrons. The van der Waals surface area contributed by atoms with Crippen molar-refractivity contribution in [3.63, 3.8) is 0 Å². The number of hydrogen-bond acceptors (Lipinski definition) is 3. The zero-order valence-electron chi connectivity index (χ0n) is 18.3. The second-order valence-corrected chi connectivity index (χ2v) is 7.11. The highest BCUT2D eigenvalue weighted by molar-refractivity contribution is 5.91. The second kappa shape index (κ2) is 11.7. The molecule has 0 aliphatic carbocycles. The highest BCUT2D eigenvalue weighted by Crippen LogP contribution is 2.29. The Bertz CT molecular complexity index is 1060. The third kappa shape index (κ3) is 7.99. The predicted octanol–water partition coefficient (Wildman–Crippen LogP) is 6.30. The summed E-state index contributed by atoms with van der Waals surface area (Å²) in [5, 5.41) is 17.7. The third-order valence-electron chi connectivity index (χ3n) is 4.52. The summed E-state index contributed by atoms with van der Waals surface area (Å²) >= 11 is 0. The van der Waals surface area contributed by atoms with E-state index in [1.165, 1.54) is 29.2 Å². The Morgan fingerprint density at radius 1 is 1.15 bits per heavy atom. The Balaban J connectivity index is 2.21. The summed E-state index contributed by atoms with van der Waals surface area (Å²) < 4.78 is 44.1. The lowest BCUT2D eigenvalue weighted by Gasteiger charge is -2.22. The zero-order chi connectivity index (χ0) is 24.4. The van der Waals surface area contributed by atoms with Gasteiger partial charge in [0.2, 0.25) is 0 Å². The van der Waals surface area contributed by atoms with Crippen LogP contribution in [0.2, 0.25) is 0 Å². The van der Waals surface area contributed by atoms with E-state index in [1.54, 1.807) is 24.4 Å². The molecule has 2 N–H and O–H groups in total. The molecule has 0 unspecified atom stereocenters. The number of hydrogen-bond donors (Lipinski definition) is 2. The van der Waals surface area contributed by atoms with Gasteiger partial charge < -0.3 is 14.7 Å². The highest BCUT2D eigenvalue weighted by Gasteiger charge is 2.30. The van der Waals surface area contributed by atoms with E-state index >= 15 is 0 Å². The van der Waals surface area contributed by atoms with Crippen LogP contribution < -0.4 is 4.74 Å². The minimum Gasteiger partial charge on any atom is -0.485 e. The van der Waals surface area contributed by atoms with Gasteiger partial charge in [-0.05, 0) is 49.8 Å². The number of para-hydroxylation sites is 1. The van der Waals surface area contributed by atoms with Crippen molar-refractivity contribution in [2.75, 3.05) is 6.61 Å². The Kier molecular flexibility index (Phi) is 9.03. The number of aromatic carboxylic acids is 1. The van der Waals surface area contributed by atoms with E-state index in [9.17, 15) is 23.1 Å². The van der Waals surface area contributed by atoms with Gasteiger partial charge in [0.05, 0.1) is 5.56 Å². The maximum atomic E-state index is 12.8. The number of rotatable bonds is 9. The largest absolute Gasteiger partial charge is 0.485 e. The lowest BCUT2D eigenvalue weighted by molar-refractivity contribution is -0.137. The molecule has 0 aromatic heterocycles. The number of carboxylic acids is 1. The van der Waals surface area contributed by atoms with Gasteiger partial charge in [-0.15, -0.1) is 0 Å². The average molecular weight is 458 g/mol. The third-order valence-corrected chi connectivity index (χ3v) is 4.52. The fourth-order valence-corrected chi connectivity index (χ4v) is 2.85. The van der Waals surface area contributed by atoms with Crippen LogP contribution in [0.4, 0.5) is 13.2 Å². The maximum absolute atomic E-state index is 12.8. The lowest BCUT2D eigenvalue weighted by Crippen LogP contribution is -2.30. The fraction of sp³-hybridized carbons (Fsp3) is 0.200. The molecule has 2 aromatic carbocycles. The van der Waals surface area contributed by atoms with Crippen LogP contribution in [0.25, 0.3) is 0 Å². The number of alkyl halides is 3. The van der Waals surface area contributed by atoms with Gasteiger partial charge in [-0.3, -0.25) is 5.41 Å². The number of nitrogens with one attached hydrogen (secondary N) is 1. The number of allylic oxidation sites excluding steroid dienone is 5. The normalized spacial score (nSPS) is 12.3. The molecular formula is C25H25F3N2O3. The van der Waals surface area contributed by atoms with Crippen molar-refractivity contribution in [2.45, 2.75) is 26.6 Å². The van der Waals surface area contributed by atoms with Gasteiger partial charge in [0.25, 0.3) is 0 Å². The first-order valence-corrected chi connectivity index (χ1v) is 10.0. The topological polar surface area (TPSA) is 73.6 Å². The Hall–Kier alpha value is -3.81. The Morgan fingerprint density at radius 3 is 2.42 bits per heavy atom. The van der Waals surface area contributed by atoms with Crippen molar-refractivity contribution in [3.8, 4) is 5.75 Å². The number of benzene rings is 2. The van der Waals surface area contributed by atoms with Gasteiger partial charge in [0.15, 0.2) is 0 Å². The molecule has 33 heavy (non-hydrogen) atoms. The molecule has 0 bridgehead atoms. The maximum Gasteiger partial charge on any atom is 0.416 e. The van der Waals surface area contributed by atoms with Crippen molar-refractivity contribution in [1.29, 1.82) is 5.41 Å². The predicted molar refractivity (Wildman–Crippen MR) is 121 cm³/mol. The minimum atomic E-state index is -4.43. The molecular weight excluding hydrogens is 433 g/mol. The molecule has 0 saturated carbocycles. The zero-order valence-corrected chi connectivity index (χ0v) is 18.3. The molecule has 0 spiro atoms. The van der Waals surface area contributed by atoms with Crippen LogP contribution in [0.5, 0.6) is 5.75 Å². The molecule has 8 heteroatoms. The van der Waals surface area contributed by atoms with Gasteiger partial charge >= 0.3 is 12.1 Å². The molecule has 0 atom stereocenters. The molecule has 0 aliphatic heterocycles. The summed E-state index contributed by atoms with van der Waals surface area (Å²) in [6.45, 7) is 3.70. The summed E-state index contributed by atoms with van der Waals surface area (Å²) in [6.07, 6.45) is 4.54. The van der Waals surface area contributed by atoms with Crippen LogP contribution in [0.15, 0.2) is 84.6 Å². The van der Waals surface area contributed by atoms with E-state index in [-0.39, 0.29) is 30.3 Å². The van der Waals surface area contributed by atoms with Crippen LogP contribution in [0, 0.1) is 5.41 Å². The molecule has 5 nitrogen and oxygen atoms in total. The summed E-state index contributed by atoms with van der Waals surface area (Å²) in [7, 11) is 0. The molecule has 0 amide bonds. The van der Waals surface area contributed by atoms with Gasteiger partial charge in [-0.1, -0.05) is 48.1 Å². The molecule has 0 heterocycles. The van der Waals surface area contributed by atoms with Crippen LogP contribution in [-0.2, 0) is 12.7 Å². The van der Waals surface area contributed by atoms with Crippen LogP contribution in [0.1, 0.15) is 35.3 Å². The SMILES string of the molecule is C\C=C/C(C)=C\C=C\N(Cc1ccc(C(F)(F)F)cc1)C(=N)COc1ccccc1C(=O)O. The van der Waals surface area contributed by atoms with E-state index < -0.39 is 17.7 Å². The Morgan fingerprint density at radius 2 is 1.82 bits per heavy atom. The average Bonchev–Trinajstić information content (AvgIpc) is 2.77. The number of ether oxygens (including phenoxy) is 1. The van der Waals surface area contributed by atoms with E-state index in [1.807, 2.05) is 32.1 Å². The van der Waals surface area contributed by atoms with Gasteiger partial charge in [-0.25, -0.2) is 4.79 Å². The summed E-state index contributed by atoms with van der Waals surface area (Å²) in [5.74, 6) is -1.02. The number of carboxylic acid groups (broad SMARTS) is 1. The second-order valence-electron chi connectivity index (χ2n) is 7.11. The first-order valence-electron chi connectivity index (χ1n) is 10.0.